The highest BCUT2D eigenvalue weighted by atomic mass is 16.5. The molecule has 0 radical (unpaired) electrons. The van der Waals surface area contributed by atoms with E-state index in [4.69, 9.17) is 9.84 Å². The van der Waals surface area contributed by atoms with E-state index < -0.39 is 0 Å². The van der Waals surface area contributed by atoms with Crippen molar-refractivity contribution in [3.05, 3.63) is 89.2 Å². The van der Waals surface area contributed by atoms with Crippen molar-refractivity contribution in [3.8, 4) is 11.5 Å². The molecule has 2 aliphatic heterocycles. The van der Waals surface area contributed by atoms with E-state index >= 15 is 0 Å². The van der Waals surface area contributed by atoms with E-state index in [0.717, 1.165) is 33.7 Å². The number of para-hydroxylation sites is 1. The number of aryl methyl sites for hydroxylation is 1. The molecule has 0 saturated heterocycles. The maximum Gasteiger partial charge on any atom is 0.215 e. The van der Waals surface area contributed by atoms with E-state index in [2.05, 4.69) is 11.1 Å². The van der Waals surface area contributed by atoms with Gasteiger partial charge in [0.1, 0.15) is 11.5 Å². The number of rotatable bonds is 2. The third-order valence-corrected chi connectivity index (χ3v) is 5.13. The summed E-state index contributed by atoms with van der Waals surface area (Å²) >= 11 is 0. The summed E-state index contributed by atoms with van der Waals surface area (Å²) in [6.45, 7) is 2.02. The van der Waals surface area contributed by atoms with Gasteiger partial charge in [0.15, 0.2) is 0 Å². The first-order valence-corrected chi connectivity index (χ1v) is 9.02. The normalized spacial score (nSPS) is 20.5. The number of hydrogen-bond donors (Lipinski definition) is 1. The Bertz CT molecular complexity index is 1030. The van der Waals surface area contributed by atoms with Crippen LogP contribution in [0, 0.1) is 6.92 Å². The smallest absolute Gasteiger partial charge is 0.215 e. The molecule has 134 valence electrons. The van der Waals surface area contributed by atoms with E-state index in [9.17, 15) is 5.11 Å². The molecule has 0 unspecified atom stereocenters. The number of nitrogens with zero attached hydrogens (tertiary/aromatic N) is 3. The average Bonchev–Trinajstić information content (AvgIpc) is 3.15. The first-order chi connectivity index (χ1) is 13.2. The summed E-state index contributed by atoms with van der Waals surface area (Å²) < 4.78 is 6.29. The summed E-state index contributed by atoms with van der Waals surface area (Å²) in [5.41, 5.74) is 4.82. The molecule has 0 spiro atoms. The Hall–Kier alpha value is -3.34. The second kappa shape index (κ2) is 6.13. The molecule has 3 heterocycles. The van der Waals surface area contributed by atoms with Gasteiger partial charge < -0.3 is 9.84 Å². The van der Waals surface area contributed by atoms with Crippen LogP contribution in [0.4, 0.5) is 0 Å². The molecule has 5 nitrogen and oxygen atoms in total. The number of pyridine rings is 1. The van der Waals surface area contributed by atoms with E-state index in [1.165, 1.54) is 0 Å². The van der Waals surface area contributed by atoms with Crippen molar-refractivity contribution < 1.29 is 9.84 Å². The molecule has 2 aliphatic rings. The predicted octanol–water partition coefficient (Wildman–Crippen LogP) is 4.34. The molecule has 1 N–H and O–H groups in total. The second-order valence-electron chi connectivity index (χ2n) is 6.96. The van der Waals surface area contributed by atoms with Crippen LogP contribution < -0.4 is 4.74 Å². The fourth-order valence-electron chi connectivity index (χ4n) is 3.82. The Morgan fingerprint density at radius 3 is 2.85 bits per heavy atom. The third kappa shape index (κ3) is 2.63. The maximum atomic E-state index is 10.4. The minimum Gasteiger partial charge on any atom is -0.507 e. The van der Waals surface area contributed by atoms with E-state index in [-0.39, 0.29) is 18.0 Å². The number of phenolic OH excluding ortho intramolecular Hbond substituents is 1. The van der Waals surface area contributed by atoms with Crippen molar-refractivity contribution in [1.29, 1.82) is 0 Å². The lowest BCUT2D eigenvalue weighted by Crippen LogP contribution is -2.33. The molecule has 0 bridgehead atoms. The zero-order valence-corrected chi connectivity index (χ0v) is 14.9. The van der Waals surface area contributed by atoms with E-state index in [1.807, 2.05) is 60.6 Å². The van der Waals surface area contributed by atoms with Gasteiger partial charge in [-0.05, 0) is 31.2 Å². The number of hydrogen-bond acceptors (Lipinski definition) is 5. The molecule has 0 amide bonds. The van der Waals surface area contributed by atoms with Crippen molar-refractivity contribution >= 4 is 5.71 Å². The topological polar surface area (TPSA) is 58.0 Å². The SMILES string of the molecule is Cc1ccc(O)c(C2=NN3[C@H](C2)c2ccccc2O[C@H]3c2cccnc2)c1. The number of hydrazone groups is 1. The Morgan fingerprint density at radius 2 is 2.00 bits per heavy atom. The molecular weight excluding hydrogens is 338 g/mol. The molecule has 0 aliphatic carbocycles. The molecule has 0 fully saturated rings. The summed E-state index contributed by atoms with van der Waals surface area (Å²) in [6.07, 6.45) is 3.94. The molecule has 3 aromatic rings. The van der Waals surface area contributed by atoms with Crippen molar-refractivity contribution in [3.63, 3.8) is 0 Å². The molecule has 2 atom stereocenters. The largest absolute Gasteiger partial charge is 0.507 e. The van der Waals surface area contributed by atoms with Gasteiger partial charge in [0.05, 0.1) is 11.8 Å². The lowest BCUT2D eigenvalue weighted by Gasteiger charge is -2.38. The lowest BCUT2D eigenvalue weighted by atomic mass is 9.95. The first kappa shape index (κ1) is 15.9. The van der Waals surface area contributed by atoms with Crippen LogP contribution in [0.25, 0.3) is 0 Å². The average molecular weight is 357 g/mol. The van der Waals surface area contributed by atoms with Gasteiger partial charge in [-0.1, -0.05) is 35.9 Å². The molecule has 1 aromatic heterocycles. The van der Waals surface area contributed by atoms with Crippen LogP contribution in [0.1, 0.15) is 40.9 Å². The van der Waals surface area contributed by atoms with Gasteiger partial charge >= 0.3 is 0 Å². The van der Waals surface area contributed by atoms with Crippen LogP contribution in [0.5, 0.6) is 11.5 Å². The van der Waals surface area contributed by atoms with Gasteiger partial charge in [-0.15, -0.1) is 0 Å². The van der Waals surface area contributed by atoms with Gasteiger partial charge in [-0.25, -0.2) is 5.01 Å². The Balaban J connectivity index is 1.62. The van der Waals surface area contributed by atoms with E-state index in [1.54, 1.807) is 12.3 Å². The summed E-state index contributed by atoms with van der Waals surface area (Å²) in [5.74, 6) is 1.13. The minimum absolute atomic E-state index is 0.0649. The Morgan fingerprint density at radius 1 is 1.11 bits per heavy atom. The van der Waals surface area contributed by atoms with Crippen LogP contribution >= 0.6 is 0 Å². The van der Waals surface area contributed by atoms with Gasteiger partial charge in [-0.3, -0.25) is 4.98 Å². The van der Waals surface area contributed by atoms with Crippen molar-refractivity contribution in [2.45, 2.75) is 25.6 Å². The van der Waals surface area contributed by atoms with Crippen LogP contribution in [-0.4, -0.2) is 20.8 Å². The molecule has 0 saturated carbocycles. The Labute approximate surface area is 157 Å². The van der Waals surface area contributed by atoms with Crippen LogP contribution in [0.2, 0.25) is 0 Å². The lowest BCUT2D eigenvalue weighted by molar-refractivity contribution is -0.0192. The maximum absolute atomic E-state index is 10.4. The summed E-state index contributed by atoms with van der Waals surface area (Å²) in [7, 11) is 0. The van der Waals surface area contributed by atoms with Crippen LogP contribution in [0.15, 0.2) is 72.1 Å². The van der Waals surface area contributed by atoms with Gasteiger partial charge in [0, 0.05) is 35.5 Å². The fraction of sp³-hybridized carbons (Fsp3) is 0.182. The molecule has 27 heavy (non-hydrogen) atoms. The first-order valence-electron chi connectivity index (χ1n) is 9.02. The molecular formula is C22H19N3O2. The molecule has 2 aromatic carbocycles. The number of benzene rings is 2. The Kier molecular flexibility index (Phi) is 3.60. The minimum atomic E-state index is -0.344. The van der Waals surface area contributed by atoms with Gasteiger partial charge in [-0.2, -0.15) is 5.10 Å². The van der Waals surface area contributed by atoms with Crippen molar-refractivity contribution in [2.75, 3.05) is 0 Å². The molecule has 5 rings (SSSR count). The quantitative estimate of drug-likeness (QED) is 0.741. The monoisotopic (exact) mass is 357 g/mol. The van der Waals surface area contributed by atoms with Crippen LogP contribution in [-0.2, 0) is 0 Å². The third-order valence-electron chi connectivity index (χ3n) is 5.13. The summed E-state index contributed by atoms with van der Waals surface area (Å²) in [6, 6.07) is 17.7. The number of fused-ring (bicyclic) bond motifs is 3. The zero-order chi connectivity index (χ0) is 18.4. The highest BCUT2D eigenvalue weighted by Gasteiger charge is 2.41. The van der Waals surface area contributed by atoms with E-state index in [0.29, 0.717) is 6.42 Å². The van der Waals surface area contributed by atoms with Crippen molar-refractivity contribution in [1.82, 2.24) is 9.99 Å². The number of phenols is 1. The highest BCUT2D eigenvalue weighted by molar-refractivity contribution is 6.04. The van der Waals surface area contributed by atoms with Gasteiger partial charge in [0.25, 0.3) is 0 Å². The predicted molar refractivity (Wildman–Crippen MR) is 103 cm³/mol. The van der Waals surface area contributed by atoms with Crippen molar-refractivity contribution in [2.24, 2.45) is 5.10 Å². The fourth-order valence-corrected chi connectivity index (χ4v) is 3.82. The molecule has 5 heteroatoms. The zero-order valence-electron chi connectivity index (χ0n) is 14.9. The number of ether oxygens (including phenoxy) is 1. The summed E-state index contributed by atoms with van der Waals surface area (Å²) in [5, 5.41) is 17.2. The highest BCUT2D eigenvalue weighted by Crippen LogP contribution is 2.47. The second-order valence-corrected chi connectivity index (χ2v) is 6.96. The van der Waals surface area contributed by atoms with Gasteiger partial charge in [0.2, 0.25) is 6.23 Å². The standard InChI is InChI=1S/C22H19N3O2/c1-14-8-9-20(26)17(11-14)18-12-19-16-6-2-3-7-21(16)27-22(25(19)24-18)15-5-4-10-23-13-15/h2-11,13,19,22,26H,12H2,1H3/t19-,22+/m1/s1. The van der Waals surface area contributed by atoms with Crippen LogP contribution in [0.3, 0.4) is 0 Å². The number of aromatic nitrogens is 1. The summed E-state index contributed by atoms with van der Waals surface area (Å²) in [4.78, 5) is 4.24. The number of aromatic hydroxyl groups is 1.